The Kier molecular flexibility index (Phi) is 4.52. The molecule has 3 aliphatic rings. The van der Waals surface area contributed by atoms with Crippen LogP contribution in [0.15, 0.2) is 0 Å². The average Bonchev–Trinajstić information content (AvgIpc) is 2.89. The van der Waals surface area contributed by atoms with Gasteiger partial charge in [0.2, 0.25) is 0 Å². The van der Waals surface area contributed by atoms with Gasteiger partial charge in [0.25, 0.3) is 0 Å². The van der Waals surface area contributed by atoms with E-state index in [1.54, 1.807) is 0 Å². The third-order valence-electron chi connectivity index (χ3n) is 4.61. The summed E-state index contributed by atoms with van der Waals surface area (Å²) in [5.41, 5.74) is 0. The predicted octanol–water partition coefficient (Wildman–Crippen LogP) is 1.21. The summed E-state index contributed by atoms with van der Waals surface area (Å²) in [4.78, 5) is 2.62. The van der Waals surface area contributed by atoms with E-state index in [4.69, 9.17) is 9.47 Å². The van der Waals surface area contributed by atoms with E-state index in [2.05, 4.69) is 10.2 Å². The third-order valence-corrected chi connectivity index (χ3v) is 4.61. The zero-order chi connectivity index (χ0) is 12.2. The molecule has 3 unspecified atom stereocenters. The molecular formula is C14H26N2O2. The summed E-state index contributed by atoms with van der Waals surface area (Å²) >= 11 is 0. The zero-order valence-electron chi connectivity index (χ0n) is 11.3. The molecule has 104 valence electrons. The maximum absolute atomic E-state index is 5.85. The Hall–Kier alpha value is -0.160. The molecule has 4 heteroatoms. The van der Waals surface area contributed by atoms with E-state index in [9.17, 15) is 0 Å². The Labute approximate surface area is 110 Å². The zero-order valence-corrected chi connectivity index (χ0v) is 11.3. The highest BCUT2D eigenvalue weighted by Crippen LogP contribution is 2.26. The third kappa shape index (κ3) is 3.05. The number of hydrogen-bond acceptors (Lipinski definition) is 4. The summed E-state index contributed by atoms with van der Waals surface area (Å²) in [6.45, 7) is 6.41. The van der Waals surface area contributed by atoms with Crippen LogP contribution in [0.5, 0.6) is 0 Å². The Morgan fingerprint density at radius 1 is 1.17 bits per heavy atom. The fourth-order valence-electron chi connectivity index (χ4n) is 3.59. The van der Waals surface area contributed by atoms with E-state index in [1.807, 2.05) is 0 Å². The second-order valence-electron chi connectivity index (χ2n) is 5.83. The lowest BCUT2D eigenvalue weighted by Gasteiger charge is -2.37. The van der Waals surface area contributed by atoms with Crippen LogP contribution in [0, 0.1) is 5.92 Å². The quantitative estimate of drug-likeness (QED) is 0.818. The van der Waals surface area contributed by atoms with E-state index < -0.39 is 0 Å². The second kappa shape index (κ2) is 6.33. The van der Waals surface area contributed by atoms with Crippen molar-refractivity contribution in [2.45, 2.75) is 44.4 Å². The Balaban J connectivity index is 1.39. The van der Waals surface area contributed by atoms with Crippen LogP contribution in [0.25, 0.3) is 0 Å². The minimum atomic E-state index is 0.0704. The highest BCUT2D eigenvalue weighted by atomic mass is 16.7. The smallest absolute Gasteiger partial charge is 0.157 e. The molecule has 3 fully saturated rings. The van der Waals surface area contributed by atoms with Gasteiger partial charge in [-0.3, -0.25) is 4.90 Å². The largest absolute Gasteiger partial charge is 0.353 e. The normalized spacial score (nSPS) is 37.7. The average molecular weight is 254 g/mol. The van der Waals surface area contributed by atoms with Gasteiger partial charge in [0, 0.05) is 25.7 Å². The summed E-state index contributed by atoms with van der Waals surface area (Å²) in [6, 6.07) is 0.759. The highest BCUT2D eigenvalue weighted by molar-refractivity contribution is 4.91. The minimum absolute atomic E-state index is 0.0704. The van der Waals surface area contributed by atoms with Crippen LogP contribution in [0.2, 0.25) is 0 Å². The first kappa shape index (κ1) is 12.9. The van der Waals surface area contributed by atoms with Gasteiger partial charge in [0.1, 0.15) is 0 Å². The molecule has 3 rings (SSSR count). The van der Waals surface area contributed by atoms with Gasteiger partial charge in [0.15, 0.2) is 6.29 Å². The van der Waals surface area contributed by atoms with Crippen molar-refractivity contribution in [1.29, 1.82) is 0 Å². The Morgan fingerprint density at radius 2 is 2.17 bits per heavy atom. The number of nitrogens with one attached hydrogen (secondary N) is 1. The molecule has 3 saturated heterocycles. The molecule has 3 heterocycles. The van der Waals surface area contributed by atoms with Gasteiger partial charge in [0.05, 0.1) is 6.61 Å². The molecule has 3 aliphatic heterocycles. The van der Waals surface area contributed by atoms with Crippen LogP contribution in [-0.4, -0.2) is 56.6 Å². The summed E-state index contributed by atoms with van der Waals surface area (Å²) in [7, 11) is 0. The van der Waals surface area contributed by atoms with E-state index in [1.165, 1.54) is 45.3 Å². The number of nitrogens with zero attached hydrogens (tertiary/aromatic N) is 1. The van der Waals surface area contributed by atoms with E-state index in [0.29, 0.717) is 0 Å². The van der Waals surface area contributed by atoms with Crippen molar-refractivity contribution < 1.29 is 9.47 Å². The molecule has 3 atom stereocenters. The highest BCUT2D eigenvalue weighted by Gasteiger charge is 2.34. The number of piperidine rings is 1. The van der Waals surface area contributed by atoms with Crippen molar-refractivity contribution in [1.82, 2.24) is 10.2 Å². The van der Waals surface area contributed by atoms with Gasteiger partial charge < -0.3 is 14.8 Å². The first-order chi connectivity index (χ1) is 8.93. The van der Waals surface area contributed by atoms with E-state index >= 15 is 0 Å². The number of likely N-dealkylation sites (tertiary alicyclic amines) is 1. The Morgan fingerprint density at radius 3 is 3.06 bits per heavy atom. The molecule has 0 spiro atoms. The molecule has 0 aromatic heterocycles. The van der Waals surface area contributed by atoms with E-state index in [-0.39, 0.29) is 6.29 Å². The van der Waals surface area contributed by atoms with Crippen molar-refractivity contribution in [2.75, 3.05) is 39.4 Å². The van der Waals surface area contributed by atoms with Crippen LogP contribution >= 0.6 is 0 Å². The van der Waals surface area contributed by atoms with E-state index in [0.717, 1.165) is 38.1 Å². The molecule has 0 saturated carbocycles. The maximum Gasteiger partial charge on any atom is 0.157 e. The molecular weight excluding hydrogens is 228 g/mol. The molecule has 1 N–H and O–H groups in total. The summed E-state index contributed by atoms with van der Waals surface area (Å²) in [6.07, 6.45) is 6.35. The summed E-state index contributed by atoms with van der Waals surface area (Å²) in [5, 5.41) is 3.53. The Bertz CT molecular complexity index is 256. The summed E-state index contributed by atoms with van der Waals surface area (Å²) < 4.78 is 11.5. The standard InChI is InChI=1S/C14H26N2O2/c1-2-8-17-14(5-1)18-9-7-16-6-3-4-12-10-15-11-13(12)16/h12-15H,1-11H2. The van der Waals surface area contributed by atoms with Gasteiger partial charge in [-0.15, -0.1) is 0 Å². The lowest BCUT2D eigenvalue weighted by Crippen LogP contribution is -2.46. The minimum Gasteiger partial charge on any atom is -0.353 e. The van der Waals surface area contributed by atoms with Crippen LogP contribution in [0.1, 0.15) is 32.1 Å². The van der Waals surface area contributed by atoms with Crippen LogP contribution in [0.4, 0.5) is 0 Å². The summed E-state index contributed by atoms with van der Waals surface area (Å²) in [5.74, 6) is 0.879. The lowest BCUT2D eigenvalue weighted by molar-refractivity contribution is -0.165. The van der Waals surface area contributed by atoms with Crippen molar-refractivity contribution in [3.8, 4) is 0 Å². The molecule has 0 aromatic carbocycles. The fraction of sp³-hybridized carbons (Fsp3) is 1.00. The van der Waals surface area contributed by atoms with Crippen LogP contribution in [0.3, 0.4) is 0 Å². The molecule has 0 radical (unpaired) electrons. The number of rotatable bonds is 4. The number of ether oxygens (including phenoxy) is 2. The van der Waals surface area contributed by atoms with Crippen molar-refractivity contribution in [3.05, 3.63) is 0 Å². The molecule has 0 aliphatic carbocycles. The molecule has 4 nitrogen and oxygen atoms in total. The maximum atomic E-state index is 5.85. The van der Waals surface area contributed by atoms with Crippen LogP contribution in [-0.2, 0) is 9.47 Å². The molecule has 0 amide bonds. The van der Waals surface area contributed by atoms with Gasteiger partial charge in [-0.2, -0.15) is 0 Å². The van der Waals surface area contributed by atoms with Crippen LogP contribution < -0.4 is 5.32 Å². The number of fused-ring (bicyclic) bond motifs is 1. The fourth-order valence-corrected chi connectivity index (χ4v) is 3.59. The van der Waals surface area contributed by atoms with Gasteiger partial charge in [-0.1, -0.05) is 0 Å². The lowest BCUT2D eigenvalue weighted by atomic mass is 9.92. The van der Waals surface area contributed by atoms with Crippen molar-refractivity contribution in [3.63, 3.8) is 0 Å². The van der Waals surface area contributed by atoms with Gasteiger partial charge in [-0.25, -0.2) is 0 Å². The van der Waals surface area contributed by atoms with Crippen molar-refractivity contribution >= 4 is 0 Å². The van der Waals surface area contributed by atoms with Gasteiger partial charge >= 0.3 is 0 Å². The molecule has 0 aromatic rings. The monoisotopic (exact) mass is 254 g/mol. The van der Waals surface area contributed by atoms with Gasteiger partial charge in [-0.05, 0) is 51.1 Å². The second-order valence-corrected chi connectivity index (χ2v) is 5.83. The molecule has 18 heavy (non-hydrogen) atoms. The SMILES string of the molecule is C1CCC(OCCN2CCCC3CNCC32)OC1. The topological polar surface area (TPSA) is 33.7 Å². The molecule has 0 bridgehead atoms. The van der Waals surface area contributed by atoms with Crippen molar-refractivity contribution in [2.24, 2.45) is 5.92 Å². The number of hydrogen-bond donors (Lipinski definition) is 1. The predicted molar refractivity (Wildman–Crippen MR) is 70.5 cm³/mol. The first-order valence-electron chi connectivity index (χ1n) is 7.61. The first-order valence-corrected chi connectivity index (χ1v) is 7.61.